The van der Waals surface area contributed by atoms with Gasteiger partial charge < -0.3 is 9.73 Å². The number of hydrogen-bond acceptors (Lipinski definition) is 4. The highest BCUT2D eigenvalue weighted by Gasteiger charge is 2.17. The first kappa shape index (κ1) is 21.9. The Morgan fingerprint density at radius 2 is 2.00 bits per heavy atom. The van der Waals surface area contributed by atoms with Crippen LogP contribution in [0.25, 0.3) is 6.08 Å². The molecule has 0 radical (unpaired) electrons. The van der Waals surface area contributed by atoms with E-state index in [1.807, 2.05) is 38.1 Å². The maximum atomic E-state index is 12.3. The van der Waals surface area contributed by atoms with Crippen LogP contribution in [0.1, 0.15) is 34.2 Å². The zero-order valence-corrected chi connectivity index (χ0v) is 18.5. The van der Waals surface area contributed by atoms with Crippen molar-refractivity contribution >= 4 is 23.6 Å². The third-order valence-corrected chi connectivity index (χ3v) is 5.33. The van der Waals surface area contributed by atoms with Gasteiger partial charge in [-0.15, -0.1) is 0 Å². The van der Waals surface area contributed by atoms with Gasteiger partial charge >= 0.3 is 0 Å². The van der Waals surface area contributed by atoms with Crippen molar-refractivity contribution in [2.45, 2.75) is 26.4 Å². The minimum Gasteiger partial charge on any atom is -0.468 e. The summed E-state index contributed by atoms with van der Waals surface area (Å²) in [5.74, 6) is 0.607. The third kappa shape index (κ3) is 5.40. The number of nitrogens with one attached hydrogen (secondary N) is 1. The average Bonchev–Trinajstić information content (AvgIpc) is 3.31. The minimum atomic E-state index is -0.199. The fourth-order valence-corrected chi connectivity index (χ4v) is 3.46. The molecule has 158 valence electrons. The van der Waals surface area contributed by atoms with Crippen LogP contribution in [0.2, 0.25) is 5.15 Å². The molecule has 0 aliphatic carbocycles. The molecular weight excluding hydrogens is 400 g/mol. The lowest BCUT2D eigenvalue weighted by Gasteiger charge is -2.22. The molecule has 2 heterocycles. The number of aryl methyl sites for hydroxylation is 2. The first-order chi connectivity index (χ1) is 14.3. The van der Waals surface area contributed by atoms with Gasteiger partial charge in [0.05, 0.1) is 24.5 Å². The second-order valence-electron chi connectivity index (χ2n) is 7.51. The van der Waals surface area contributed by atoms with Crippen LogP contribution in [0.4, 0.5) is 0 Å². The lowest BCUT2D eigenvalue weighted by molar-refractivity contribution is -0.116. The molecule has 1 amide bonds. The van der Waals surface area contributed by atoms with Gasteiger partial charge in [-0.2, -0.15) is 5.10 Å². The smallest absolute Gasteiger partial charge is 0.244 e. The van der Waals surface area contributed by atoms with E-state index in [0.29, 0.717) is 18.2 Å². The third-order valence-electron chi connectivity index (χ3n) is 4.93. The molecule has 0 spiro atoms. The lowest BCUT2D eigenvalue weighted by atomic mass is 10.1. The molecule has 6 nitrogen and oxygen atoms in total. The summed E-state index contributed by atoms with van der Waals surface area (Å²) in [5, 5.41) is 7.95. The number of benzene rings is 1. The molecule has 0 aliphatic heterocycles. The summed E-state index contributed by atoms with van der Waals surface area (Å²) < 4.78 is 7.22. The molecule has 3 rings (SSSR count). The number of hydrogen-bond donors (Lipinski definition) is 1. The summed E-state index contributed by atoms with van der Waals surface area (Å²) in [6, 6.07) is 11.9. The van der Waals surface area contributed by atoms with Crippen molar-refractivity contribution in [2.24, 2.45) is 0 Å². The molecule has 1 aromatic carbocycles. The quantitative estimate of drug-likeness (QED) is 0.547. The number of likely N-dealkylation sites (N-methyl/N-ethyl adjacent to an activating group) is 1. The van der Waals surface area contributed by atoms with Crippen molar-refractivity contribution in [2.75, 3.05) is 20.6 Å². The van der Waals surface area contributed by atoms with Gasteiger partial charge in [0.25, 0.3) is 0 Å². The van der Waals surface area contributed by atoms with Crippen LogP contribution < -0.4 is 5.32 Å². The number of carbonyl (C=O) groups is 1. The highest BCUT2D eigenvalue weighted by Crippen LogP contribution is 2.22. The maximum absolute atomic E-state index is 12.3. The van der Waals surface area contributed by atoms with Crippen LogP contribution in [0.5, 0.6) is 0 Å². The van der Waals surface area contributed by atoms with Crippen molar-refractivity contribution < 1.29 is 9.21 Å². The number of halogens is 1. The average molecular weight is 427 g/mol. The molecule has 3 aromatic rings. The highest BCUT2D eigenvalue weighted by molar-refractivity contribution is 6.31. The van der Waals surface area contributed by atoms with Gasteiger partial charge in [0.15, 0.2) is 0 Å². The van der Waals surface area contributed by atoms with Gasteiger partial charge in [-0.1, -0.05) is 41.4 Å². The molecule has 7 heteroatoms. The van der Waals surface area contributed by atoms with Crippen LogP contribution in [0.15, 0.2) is 53.2 Å². The topological polar surface area (TPSA) is 63.3 Å². The summed E-state index contributed by atoms with van der Waals surface area (Å²) in [7, 11) is 3.89. The Labute approximate surface area is 182 Å². The number of rotatable bonds is 8. The second-order valence-corrected chi connectivity index (χ2v) is 7.86. The van der Waals surface area contributed by atoms with Crippen molar-refractivity contribution in [1.29, 1.82) is 0 Å². The Balaban J connectivity index is 1.64. The number of amides is 1. The predicted molar refractivity (Wildman–Crippen MR) is 119 cm³/mol. The Morgan fingerprint density at radius 1 is 1.27 bits per heavy atom. The first-order valence-electron chi connectivity index (χ1n) is 9.79. The van der Waals surface area contributed by atoms with Crippen LogP contribution >= 0.6 is 11.6 Å². The summed E-state index contributed by atoms with van der Waals surface area (Å²) in [6.45, 7) is 4.95. The number of aromatic nitrogens is 2. The van der Waals surface area contributed by atoms with Gasteiger partial charge in [-0.3, -0.25) is 9.69 Å². The summed E-state index contributed by atoms with van der Waals surface area (Å²) >= 11 is 6.53. The van der Waals surface area contributed by atoms with Gasteiger partial charge in [0.2, 0.25) is 5.91 Å². The largest absolute Gasteiger partial charge is 0.468 e. The molecular formula is C23H27ClN4O2. The van der Waals surface area contributed by atoms with Gasteiger partial charge in [0.1, 0.15) is 10.9 Å². The van der Waals surface area contributed by atoms with Crippen LogP contribution in [-0.4, -0.2) is 41.2 Å². The highest BCUT2D eigenvalue weighted by atomic mass is 35.5. The Bertz CT molecular complexity index is 1000. The fraction of sp³-hybridized carbons (Fsp3) is 0.304. The molecule has 1 N–H and O–H groups in total. The Kier molecular flexibility index (Phi) is 7.13. The lowest BCUT2D eigenvalue weighted by Crippen LogP contribution is -2.33. The fourth-order valence-electron chi connectivity index (χ4n) is 3.16. The monoisotopic (exact) mass is 426 g/mol. The number of nitrogens with zero attached hydrogens (tertiary/aromatic N) is 3. The van der Waals surface area contributed by atoms with Gasteiger partial charge in [0, 0.05) is 18.2 Å². The molecule has 0 aliphatic rings. The minimum absolute atomic E-state index is 0.0417. The Hall–Kier alpha value is -2.83. The molecule has 0 fully saturated rings. The van der Waals surface area contributed by atoms with E-state index in [2.05, 4.69) is 41.6 Å². The van der Waals surface area contributed by atoms with Gasteiger partial charge in [-0.25, -0.2) is 4.68 Å². The van der Waals surface area contributed by atoms with E-state index in [-0.39, 0.29) is 11.9 Å². The molecule has 1 atom stereocenters. The van der Waals surface area contributed by atoms with Crippen LogP contribution in [-0.2, 0) is 11.3 Å². The van der Waals surface area contributed by atoms with E-state index in [1.165, 1.54) is 11.6 Å². The first-order valence-corrected chi connectivity index (χ1v) is 10.2. The molecule has 0 saturated carbocycles. The van der Waals surface area contributed by atoms with Crippen molar-refractivity contribution in [3.8, 4) is 0 Å². The SMILES string of the molecule is Cc1ccc(Cn2nc(C)c(C=CC(=O)NCC(c3ccco3)N(C)C)c2Cl)cc1. The van der Waals surface area contributed by atoms with Crippen molar-refractivity contribution in [3.63, 3.8) is 0 Å². The maximum Gasteiger partial charge on any atom is 0.244 e. The second kappa shape index (κ2) is 9.78. The standard InChI is InChI=1S/C23H27ClN4O2/c1-16-7-9-18(10-8-16)15-28-23(24)19(17(2)26-28)11-12-22(29)25-14-20(27(3)4)21-6-5-13-30-21/h5-13,20H,14-15H2,1-4H3,(H,25,29). The summed E-state index contributed by atoms with van der Waals surface area (Å²) in [5.41, 5.74) is 3.85. The van der Waals surface area contributed by atoms with E-state index in [0.717, 1.165) is 22.6 Å². The Morgan fingerprint density at radius 3 is 2.63 bits per heavy atom. The molecule has 30 heavy (non-hydrogen) atoms. The van der Waals surface area contributed by atoms with E-state index >= 15 is 0 Å². The molecule has 0 bridgehead atoms. The van der Waals surface area contributed by atoms with E-state index in [1.54, 1.807) is 17.0 Å². The zero-order valence-electron chi connectivity index (χ0n) is 17.7. The van der Waals surface area contributed by atoms with Crippen molar-refractivity contribution in [3.05, 3.63) is 82.0 Å². The normalized spacial score (nSPS) is 12.6. The molecule has 2 aromatic heterocycles. The zero-order chi connectivity index (χ0) is 21.7. The van der Waals surface area contributed by atoms with Crippen molar-refractivity contribution in [1.82, 2.24) is 20.0 Å². The van der Waals surface area contributed by atoms with E-state index in [4.69, 9.17) is 16.0 Å². The van der Waals surface area contributed by atoms with Crippen LogP contribution in [0.3, 0.4) is 0 Å². The van der Waals surface area contributed by atoms with E-state index in [9.17, 15) is 4.79 Å². The van der Waals surface area contributed by atoms with Crippen LogP contribution in [0, 0.1) is 13.8 Å². The summed E-state index contributed by atoms with van der Waals surface area (Å²) in [6.07, 6.45) is 4.83. The summed E-state index contributed by atoms with van der Waals surface area (Å²) in [4.78, 5) is 14.3. The van der Waals surface area contributed by atoms with Gasteiger partial charge in [-0.05, 0) is 51.7 Å². The predicted octanol–water partition coefficient (Wildman–Crippen LogP) is 4.23. The molecule has 0 saturated heterocycles. The molecule has 1 unspecified atom stereocenters. The number of furan rings is 1. The van der Waals surface area contributed by atoms with E-state index < -0.39 is 0 Å². The number of carbonyl (C=O) groups excluding carboxylic acids is 1.